The lowest BCUT2D eigenvalue weighted by Crippen LogP contribution is -2.46. The van der Waals surface area contributed by atoms with E-state index in [4.69, 9.17) is 0 Å². The van der Waals surface area contributed by atoms with Crippen LogP contribution in [0.4, 0.5) is 5.69 Å². The molecule has 1 saturated heterocycles. The normalized spacial score (nSPS) is 17.6. The predicted molar refractivity (Wildman–Crippen MR) is 106 cm³/mol. The van der Waals surface area contributed by atoms with E-state index in [1.807, 2.05) is 54.3 Å². The van der Waals surface area contributed by atoms with Gasteiger partial charge < -0.3 is 14.8 Å². The molecule has 4 rings (SSSR count). The molecule has 3 heterocycles. The van der Waals surface area contributed by atoms with Crippen LogP contribution in [0.15, 0.2) is 59.8 Å². The van der Waals surface area contributed by atoms with Crippen molar-refractivity contribution in [2.24, 2.45) is 7.05 Å². The van der Waals surface area contributed by atoms with Crippen LogP contribution in [0.3, 0.4) is 0 Å². The maximum Gasteiger partial charge on any atom is 0.193 e. The summed E-state index contributed by atoms with van der Waals surface area (Å²) in [6.07, 6.45) is 7.95. The molecule has 0 saturated carbocycles. The number of para-hydroxylation sites is 1. The van der Waals surface area contributed by atoms with Crippen molar-refractivity contribution in [2.45, 2.75) is 25.4 Å². The van der Waals surface area contributed by atoms with Gasteiger partial charge >= 0.3 is 0 Å². The molecule has 26 heavy (non-hydrogen) atoms. The van der Waals surface area contributed by atoms with Crippen LogP contribution in [0.5, 0.6) is 0 Å². The lowest BCUT2D eigenvalue weighted by Gasteiger charge is -2.34. The molecule has 1 fully saturated rings. The molecule has 5 nitrogen and oxygen atoms in total. The Morgan fingerprint density at radius 1 is 1.23 bits per heavy atom. The van der Waals surface area contributed by atoms with Gasteiger partial charge in [-0.05, 0) is 37.1 Å². The van der Waals surface area contributed by atoms with Crippen molar-refractivity contribution in [3.05, 3.63) is 70.8 Å². The summed E-state index contributed by atoms with van der Waals surface area (Å²) in [4.78, 5) is 19.4. The van der Waals surface area contributed by atoms with Gasteiger partial charge in [-0.1, -0.05) is 12.1 Å². The number of pyridine rings is 2. The maximum absolute atomic E-state index is 12.8. The van der Waals surface area contributed by atoms with Gasteiger partial charge in [0, 0.05) is 56.1 Å². The second kappa shape index (κ2) is 7.30. The number of nitrogens with zero attached hydrogens (tertiary/aromatic N) is 3. The van der Waals surface area contributed by atoms with Gasteiger partial charge in [-0.25, -0.2) is 0 Å². The Balaban J connectivity index is 1.48. The summed E-state index contributed by atoms with van der Waals surface area (Å²) in [6.45, 7) is 2.60. The Morgan fingerprint density at radius 3 is 2.96 bits per heavy atom. The SMILES string of the molecule is Cn1cc(CNC2CCCN(c3cccnc3)C2)c(=O)c2ccccc21. The van der Waals surface area contributed by atoms with Crippen molar-refractivity contribution in [3.8, 4) is 0 Å². The van der Waals surface area contributed by atoms with E-state index in [0.29, 0.717) is 12.6 Å². The van der Waals surface area contributed by atoms with Gasteiger partial charge in [-0.2, -0.15) is 0 Å². The Morgan fingerprint density at radius 2 is 2.12 bits per heavy atom. The number of hydrogen-bond donors (Lipinski definition) is 1. The van der Waals surface area contributed by atoms with Crippen LogP contribution in [0, 0.1) is 0 Å². The molecule has 3 aromatic rings. The van der Waals surface area contributed by atoms with Gasteiger partial charge in [-0.15, -0.1) is 0 Å². The highest BCUT2D eigenvalue weighted by atomic mass is 16.1. The van der Waals surface area contributed by atoms with E-state index in [1.165, 1.54) is 5.69 Å². The molecule has 0 radical (unpaired) electrons. The van der Waals surface area contributed by atoms with Crippen LogP contribution in [0.1, 0.15) is 18.4 Å². The molecule has 134 valence electrons. The quantitative estimate of drug-likeness (QED) is 0.788. The van der Waals surface area contributed by atoms with Gasteiger partial charge in [0.2, 0.25) is 0 Å². The number of rotatable bonds is 4. The summed E-state index contributed by atoms with van der Waals surface area (Å²) in [5, 5.41) is 4.38. The summed E-state index contributed by atoms with van der Waals surface area (Å²) in [6, 6.07) is 12.2. The second-order valence-electron chi connectivity index (χ2n) is 6.99. The third kappa shape index (κ3) is 3.35. The van der Waals surface area contributed by atoms with Crippen LogP contribution in [-0.4, -0.2) is 28.7 Å². The summed E-state index contributed by atoms with van der Waals surface area (Å²) in [7, 11) is 2.00. The van der Waals surface area contributed by atoms with Crippen LogP contribution < -0.4 is 15.6 Å². The van der Waals surface area contributed by atoms with Crippen molar-refractivity contribution < 1.29 is 0 Å². The van der Waals surface area contributed by atoms with Gasteiger partial charge in [0.05, 0.1) is 17.4 Å². The van der Waals surface area contributed by atoms with Crippen LogP contribution in [0.2, 0.25) is 0 Å². The van der Waals surface area contributed by atoms with Crippen molar-refractivity contribution in [1.29, 1.82) is 0 Å². The Kier molecular flexibility index (Phi) is 4.71. The topological polar surface area (TPSA) is 50.2 Å². The molecule has 1 unspecified atom stereocenters. The van der Waals surface area contributed by atoms with E-state index in [1.54, 1.807) is 6.20 Å². The zero-order valence-corrected chi connectivity index (χ0v) is 15.1. The number of piperidine rings is 1. The third-order valence-electron chi connectivity index (χ3n) is 5.18. The molecule has 1 atom stereocenters. The van der Waals surface area contributed by atoms with E-state index >= 15 is 0 Å². The maximum atomic E-state index is 12.8. The number of nitrogens with one attached hydrogen (secondary N) is 1. The standard InChI is InChI=1S/C21H24N4O/c1-24-14-16(21(26)19-8-2-3-9-20(19)24)12-23-17-6-5-11-25(15-17)18-7-4-10-22-13-18/h2-4,7-10,13-14,17,23H,5-6,11-12,15H2,1H3. The van der Waals surface area contributed by atoms with E-state index in [2.05, 4.69) is 21.3 Å². The summed E-state index contributed by atoms with van der Waals surface area (Å²) >= 11 is 0. The first kappa shape index (κ1) is 16.8. The smallest absolute Gasteiger partial charge is 0.193 e. The summed E-state index contributed by atoms with van der Waals surface area (Å²) in [5.41, 5.74) is 3.10. The minimum atomic E-state index is 0.131. The number of benzene rings is 1. The minimum Gasteiger partial charge on any atom is -0.369 e. The fourth-order valence-corrected chi connectivity index (χ4v) is 3.81. The molecule has 1 aliphatic heterocycles. The number of aryl methyl sites for hydroxylation is 1. The van der Waals surface area contributed by atoms with Crippen molar-refractivity contribution in [1.82, 2.24) is 14.9 Å². The molecule has 0 aliphatic carbocycles. The third-order valence-corrected chi connectivity index (χ3v) is 5.18. The second-order valence-corrected chi connectivity index (χ2v) is 6.99. The first-order chi connectivity index (χ1) is 12.7. The highest BCUT2D eigenvalue weighted by molar-refractivity contribution is 5.79. The van der Waals surface area contributed by atoms with Crippen LogP contribution in [0.25, 0.3) is 10.9 Å². The van der Waals surface area contributed by atoms with Crippen molar-refractivity contribution in [3.63, 3.8) is 0 Å². The predicted octanol–water partition coefficient (Wildman–Crippen LogP) is 2.69. The van der Waals surface area contributed by atoms with Crippen LogP contribution >= 0.6 is 0 Å². The summed E-state index contributed by atoms with van der Waals surface area (Å²) < 4.78 is 2.04. The molecule has 0 amide bonds. The van der Waals surface area contributed by atoms with E-state index in [-0.39, 0.29) is 5.43 Å². The number of fused-ring (bicyclic) bond motifs is 1. The monoisotopic (exact) mass is 348 g/mol. The lowest BCUT2D eigenvalue weighted by molar-refractivity contribution is 0.420. The molecule has 5 heteroatoms. The molecule has 2 aromatic heterocycles. The number of aromatic nitrogens is 2. The number of hydrogen-bond acceptors (Lipinski definition) is 4. The first-order valence-corrected chi connectivity index (χ1v) is 9.18. The van der Waals surface area contributed by atoms with Gasteiger partial charge in [0.1, 0.15) is 0 Å². The average molecular weight is 348 g/mol. The van der Waals surface area contributed by atoms with E-state index in [9.17, 15) is 4.79 Å². The number of anilines is 1. The fraction of sp³-hybridized carbons (Fsp3) is 0.333. The average Bonchev–Trinajstić information content (AvgIpc) is 2.70. The summed E-state index contributed by atoms with van der Waals surface area (Å²) in [5.74, 6) is 0. The molecule has 1 aliphatic rings. The highest BCUT2D eigenvalue weighted by Gasteiger charge is 2.20. The largest absolute Gasteiger partial charge is 0.369 e. The Bertz CT molecular complexity index is 951. The van der Waals surface area contributed by atoms with E-state index < -0.39 is 0 Å². The van der Waals surface area contributed by atoms with E-state index in [0.717, 1.165) is 42.4 Å². The molecular formula is C21H24N4O. The zero-order valence-electron chi connectivity index (χ0n) is 15.1. The molecule has 1 aromatic carbocycles. The molecule has 1 N–H and O–H groups in total. The first-order valence-electron chi connectivity index (χ1n) is 9.18. The minimum absolute atomic E-state index is 0.131. The highest BCUT2D eigenvalue weighted by Crippen LogP contribution is 2.19. The molecule has 0 bridgehead atoms. The molecular weight excluding hydrogens is 324 g/mol. The Labute approximate surface area is 153 Å². The lowest BCUT2D eigenvalue weighted by atomic mass is 10.0. The van der Waals surface area contributed by atoms with Crippen molar-refractivity contribution in [2.75, 3.05) is 18.0 Å². The Hall–Kier alpha value is -2.66. The van der Waals surface area contributed by atoms with Gasteiger partial charge in [-0.3, -0.25) is 9.78 Å². The van der Waals surface area contributed by atoms with Gasteiger partial charge in [0.25, 0.3) is 0 Å². The van der Waals surface area contributed by atoms with Gasteiger partial charge in [0.15, 0.2) is 5.43 Å². The van der Waals surface area contributed by atoms with Crippen molar-refractivity contribution >= 4 is 16.6 Å². The zero-order chi connectivity index (χ0) is 17.9. The molecule has 0 spiro atoms. The van der Waals surface area contributed by atoms with Crippen LogP contribution in [-0.2, 0) is 13.6 Å². The fourth-order valence-electron chi connectivity index (χ4n) is 3.81.